The van der Waals surface area contributed by atoms with Gasteiger partial charge >= 0.3 is 0 Å². The maximum Gasteiger partial charge on any atom is 0.152 e. The molecule has 0 fully saturated rings. The van der Waals surface area contributed by atoms with Crippen LogP contribution in [0.15, 0.2) is 102 Å². The standard InChI is InChI=1S/C27H23FN4O/c28-23-10-6-20(7-11-23)21-8-12-25(13-9-21)32-27(26-5-3-17-33-26)22(19-31-32)18-29-16-14-24-4-1-2-15-30-24/h1-13,15,17,19,29H,14,16,18H2. The van der Waals surface area contributed by atoms with E-state index in [9.17, 15) is 4.39 Å². The first-order chi connectivity index (χ1) is 16.3. The molecule has 164 valence electrons. The molecule has 1 N–H and O–H groups in total. The van der Waals surface area contributed by atoms with Gasteiger partial charge in [-0.1, -0.05) is 30.3 Å². The number of furan rings is 1. The molecule has 5 aromatic rings. The van der Waals surface area contributed by atoms with Gasteiger partial charge in [0.05, 0.1) is 18.1 Å². The molecule has 0 saturated carbocycles. The molecular weight excluding hydrogens is 415 g/mol. The zero-order valence-electron chi connectivity index (χ0n) is 18.0. The Bertz CT molecular complexity index is 1300. The Morgan fingerprint density at radius 3 is 2.36 bits per heavy atom. The maximum atomic E-state index is 13.2. The van der Waals surface area contributed by atoms with Crippen molar-refractivity contribution in [3.8, 4) is 28.3 Å². The molecule has 5 rings (SSSR count). The largest absolute Gasteiger partial charge is 0.463 e. The van der Waals surface area contributed by atoms with E-state index >= 15 is 0 Å². The molecule has 33 heavy (non-hydrogen) atoms. The molecule has 0 spiro atoms. The van der Waals surface area contributed by atoms with Crippen LogP contribution >= 0.6 is 0 Å². The monoisotopic (exact) mass is 438 g/mol. The first-order valence-electron chi connectivity index (χ1n) is 10.9. The van der Waals surface area contributed by atoms with E-state index in [1.807, 2.05) is 71.7 Å². The predicted octanol–water partition coefficient (Wildman–Crippen LogP) is 5.67. The molecule has 3 aromatic heterocycles. The van der Waals surface area contributed by atoms with Crippen molar-refractivity contribution in [1.82, 2.24) is 20.1 Å². The fourth-order valence-corrected chi connectivity index (χ4v) is 3.81. The van der Waals surface area contributed by atoms with Gasteiger partial charge in [0.15, 0.2) is 5.76 Å². The van der Waals surface area contributed by atoms with Gasteiger partial charge in [0, 0.05) is 37.0 Å². The van der Waals surface area contributed by atoms with Gasteiger partial charge in [-0.05, 0) is 59.7 Å². The number of benzene rings is 2. The quantitative estimate of drug-likeness (QED) is 0.317. The highest BCUT2D eigenvalue weighted by molar-refractivity contribution is 5.66. The number of nitrogens with zero attached hydrogens (tertiary/aromatic N) is 3. The summed E-state index contributed by atoms with van der Waals surface area (Å²) in [4.78, 5) is 4.37. The fraction of sp³-hybridized carbons (Fsp3) is 0.111. The highest BCUT2D eigenvalue weighted by atomic mass is 19.1. The SMILES string of the molecule is Fc1ccc(-c2ccc(-n3ncc(CNCCc4ccccn4)c3-c3ccco3)cc2)cc1. The van der Waals surface area contributed by atoms with E-state index in [0.29, 0.717) is 6.54 Å². The summed E-state index contributed by atoms with van der Waals surface area (Å²) in [7, 11) is 0. The van der Waals surface area contributed by atoms with Gasteiger partial charge in [0.2, 0.25) is 0 Å². The van der Waals surface area contributed by atoms with Crippen LogP contribution in [-0.4, -0.2) is 21.3 Å². The number of pyridine rings is 1. The minimum atomic E-state index is -0.240. The Hall–Kier alpha value is -4.03. The molecule has 0 aliphatic heterocycles. The Balaban J connectivity index is 1.36. The molecular formula is C27H23FN4O. The highest BCUT2D eigenvalue weighted by Gasteiger charge is 2.16. The lowest BCUT2D eigenvalue weighted by atomic mass is 10.1. The molecule has 0 radical (unpaired) electrons. The van der Waals surface area contributed by atoms with Gasteiger partial charge in [0.25, 0.3) is 0 Å². The van der Waals surface area contributed by atoms with Crippen molar-refractivity contribution < 1.29 is 8.81 Å². The lowest BCUT2D eigenvalue weighted by molar-refractivity contribution is 0.575. The lowest BCUT2D eigenvalue weighted by Gasteiger charge is -2.10. The van der Waals surface area contributed by atoms with Crippen molar-refractivity contribution in [1.29, 1.82) is 0 Å². The average molecular weight is 439 g/mol. The lowest BCUT2D eigenvalue weighted by Crippen LogP contribution is -2.17. The molecule has 2 aromatic carbocycles. The molecule has 3 heterocycles. The Labute approximate surface area is 191 Å². The van der Waals surface area contributed by atoms with Crippen molar-refractivity contribution in [3.05, 3.63) is 115 Å². The minimum absolute atomic E-state index is 0.240. The summed E-state index contributed by atoms with van der Waals surface area (Å²) in [6, 6.07) is 24.3. The maximum absolute atomic E-state index is 13.2. The number of halogens is 1. The third-order valence-electron chi connectivity index (χ3n) is 5.49. The minimum Gasteiger partial charge on any atom is -0.463 e. The molecule has 0 saturated heterocycles. The fourth-order valence-electron chi connectivity index (χ4n) is 3.81. The van der Waals surface area contributed by atoms with Crippen LogP contribution in [0.25, 0.3) is 28.3 Å². The second-order valence-corrected chi connectivity index (χ2v) is 7.71. The molecule has 0 aliphatic carbocycles. The van der Waals surface area contributed by atoms with Gasteiger partial charge in [-0.3, -0.25) is 4.98 Å². The molecule has 0 unspecified atom stereocenters. The number of hydrogen-bond acceptors (Lipinski definition) is 4. The van der Waals surface area contributed by atoms with E-state index in [4.69, 9.17) is 4.42 Å². The van der Waals surface area contributed by atoms with Gasteiger partial charge in [0.1, 0.15) is 11.5 Å². The van der Waals surface area contributed by atoms with Crippen LogP contribution in [0.2, 0.25) is 0 Å². The molecule has 0 atom stereocenters. The van der Waals surface area contributed by atoms with Gasteiger partial charge in [-0.25, -0.2) is 9.07 Å². The normalized spacial score (nSPS) is 11.1. The van der Waals surface area contributed by atoms with E-state index < -0.39 is 0 Å². The van der Waals surface area contributed by atoms with Crippen LogP contribution in [0.1, 0.15) is 11.3 Å². The van der Waals surface area contributed by atoms with Crippen LogP contribution in [0, 0.1) is 5.82 Å². The summed E-state index contributed by atoms with van der Waals surface area (Å²) >= 11 is 0. The van der Waals surface area contributed by atoms with Crippen LogP contribution in [-0.2, 0) is 13.0 Å². The zero-order chi connectivity index (χ0) is 22.5. The average Bonchev–Trinajstić information content (AvgIpc) is 3.53. The summed E-state index contributed by atoms with van der Waals surface area (Å²) < 4.78 is 20.9. The van der Waals surface area contributed by atoms with Crippen molar-refractivity contribution >= 4 is 0 Å². The van der Waals surface area contributed by atoms with Crippen molar-refractivity contribution in [2.24, 2.45) is 0 Å². The number of rotatable bonds is 8. The van der Waals surface area contributed by atoms with Crippen LogP contribution in [0.5, 0.6) is 0 Å². The topological polar surface area (TPSA) is 55.9 Å². The molecule has 0 amide bonds. The Morgan fingerprint density at radius 2 is 1.67 bits per heavy atom. The van der Waals surface area contributed by atoms with E-state index in [1.54, 1.807) is 18.4 Å². The molecule has 6 heteroatoms. The highest BCUT2D eigenvalue weighted by Crippen LogP contribution is 2.28. The first kappa shape index (κ1) is 20.8. The van der Waals surface area contributed by atoms with Crippen LogP contribution in [0.4, 0.5) is 4.39 Å². The third-order valence-corrected chi connectivity index (χ3v) is 5.49. The van der Waals surface area contributed by atoms with E-state index in [1.165, 1.54) is 12.1 Å². The second kappa shape index (κ2) is 9.63. The molecule has 0 aliphatic rings. The van der Waals surface area contributed by atoms with Crippen LogP contribution in [0.3, 0.4) is 0 Å². The van der Waals surface area contributed by atoms with E-state index in [0.717, 1.165) is 52.5 Å². The van der Waals surface area contributed by atoms with E-state index in [-0.39, 0.29) is 5.82 Å². The summed E-state index contributed by atoms with van der Waals surface area (Å²) in [5, 5.41) is 8.13. The third kappa shape index (κ3) is 4.76. The predicted molar refractivity (Wildman–Crippen MR) is 126 cm³/mol. The number of nitrogens with one attached hydrogen (secondary N) is 1. The number of hydrogen-bond donors (Lipinski definition) is 1. The van der Waals surface area contributed by atoms with Crippen molar-refractivity contribution in [3.63, 3.8) is 0 Å². The first-order valence-corrected chi connectivity index (χ1v) is 10.9. The molecule has 0 bridgehead atoms. The molecule has 5 nitrogen and oxygen atoms in total. The second-order valence-electron chi connectivity index (χ2n) is 7.71. The summed E-state index contributed by atoms with van der Waals surface area (Å²) in [6.07, 6.45) is 6.22. The van der Waals surface area contributed by atoms with Gasteiger partial charge in [-0.2, -0.15) is 5.10 Å². The van der Waals surface area contributed by atoms with E-state index in [2.05, 4.69) is 15.4 Å². The van der Waals surface area contributed by atoms with Crippen LogP contribution < -0.4 is 5.32 Å². The van der Waals surface area contributed by atoms with Gasteiger partial charge in [-0.15, -0.1) is 0 Å². The smallest absolute Gasteiger partial charge is 0.152 e. The van der Waals surface area contributed by atoms with Crippen molar-refractivity contribution in [2.45, 2.75) is 13.0 Å². The Kier molecular flexibility index (Phi) is 6.08. The number of aromatic nitrogens is 3. The van der Waals surface area contributed by atoms with Crippen molar-refractivity contribution in [2.75, 3.05) is 6.54 Å². The Morgan fingerprint density at radius 1 is 0.879 bits per heavy atom. The zero-order valence-corrected chi connectivity index (χ0v) is 18.0. The summed E-state index contributed by atoms with van der Waals surface area (Å²) in [6.45, 7) is 1.47. The van der Waals surface area contributed by atoms with Gasteiger partial charge < -0.3 is 9.73 Å². The summed E-state index contributed by atoms with van der Waals surface area (Å²) in [5.41, 5.74) is 5.93. The summed E-state index contributed by atoms with van der Waals surface area (Å²) in [5.74, 6) is 0.521.